The molecule has 0 radical (unpaired) electrons. The number of nitrogens with zero attached hydrogens (tertiary/aromatic N) is 2. The molecule has 0 saturated heterocycles. The van der Waals surface area contributed by atoms with Crippen LogP contribution in [0.25, 0.3) is 6.08 Å². The molecular formula is C20H15FN2O3S. The second-order valence-corrected chi connectivity index (χ2v) is 6.26. The number of thiophene rings is 1. The highest BCUT2D eigenvalue weighted by molar-refractivity contribution is 7.10. The maximum Gasteiger partial charge on any atom is 0.336 e. The maximum atomic E-state index is 14.1. The van der Waals surface area contributed by atoms with Crippen LogP contribution in [-0.4, -0.2) is 13.1 Å². The molecule has 3 aromatic rings. The Labute approximate surface area is 159 Å². The van der Waals surface area contributed by atoms with Crippen LogP contribution in [0.15, 0.2) is 76.3 Å². The van der Waals surface area contributed by atoms with Gasteiger partial charge in [-0.2, -0.15) is 5.11 Å². The molecule has 0 aliphatic heterocycles. The van der Waals surface area contributed by atoms with Crippen molar-refractivity contribution < 1.29 is 18.7 Å². The number of carbonyl (C=O) groups is 1. The molecule has 7 heteroatoms. The first-order chi connectivity index (χ1) is 13.1. The Morgan fingerprint density at radius 2 is 1.85 bits per heavy atom. The molecule has 0 unspecified atom stereocenters. The molecule has 0 fully saturated rings. The molecular weight excluding hydrogens is 367 g/mol. The fraction of sp³-hybridized carbons (Fsp3) is 0.0500. The first kappa shape index (κ1) is 18.5. The summed E-state index contributed by atoms with van der Waals surface area (Å²) in [5.74, 6) is -0.439. The van der Waals surface area contributed by atoms with Crippen LogP contribution in [-0.2, 0) is 4.79 Å². The van der Waals surface area contributed by atoms with E-state index in [4.69, 9.17) is 9.47 Å². The number of methoxy groups -OCH3 is 1. The van der Waals surface area contributed by atoms with E-state index in [-0.39, 0.29) is 11.4 Å². The molecule has 27 heavy (non-hydrogen) atoms. The van der Waals surface area contributed by atoms with Gasteiger partial charge < -0.3 is 9.47 Å². The third-order valence-electron chi connectivity index (χ3n) is 3.41. The quantitative estimate of drug-likeness (QED) is 0.230. The van der Waals surface area contributed by atoms with Gasteiger partial charge in [-0.15, -0.1) is 16.5 Å². The summed E-state index contributed by atoms with van der Waals surface area (Å²) in [5, 5.41) is 9.75. The molecule has 0 bridgehead atoms. The smallest absolute Gasteiger partial charge is 0.336 e. The number of halogens is 1. The normalized spacial score (nSPS) is 11.2. The number of azo groups is 1. The molecule has 0 saturated carbocycles. The van der Waals surface area contributed by atoms with E-state index in [2.05, 4.69) is 10.2 Å². The van der Waals surface area contributed by atoms with Crippen molar-refractivity contribution in [2.75, 3.05) is 7.11 Å². The van der Waals surface area contributed by atoms with Gasteiger partial charge in [0, 0.05) is 17.0 Å². The first-order valence-electron chi connectivity index (χ1n) is 7.93. The fourth-order valence-electron chi connectivity index (χ4n) is 2.08. The second kappa shape index (κ2) is 8.86. The monoisotopic (exact) mass is 382 g/mol. The first-order valence-corrected chi connectivity index (χ1v) is 8.81. The lowest BCUT2D eigenvalue weighted by Crippen LogP contribution is -2.03. The van der Waals surface area contributed by atoms with Crippen molar-refractivity contribution in [1.82, 2.24) is 0 Å². The number of hydrogen-bond donors (Lipinski definition) is 0. The molecule has 0 aliphatic rings. The Morgan fingerprint density at radius 1 is 1.07 bits per heavy atom. The minimum Gasteiger partial charge on any atom is -0.497 e. The van der Waals surface area contributed by atoms with Gasteiger partial charge in [-0.25, -0.2) is 9.18 Å². The van der Waals surface area contributed by atoms with E-state index in [1.807, 2.05) is 17.5 Å². The molecule has 5 nitrogen and oxygen atoms in total. The van der Waals surface area contributed by atoms with Gasteiger partial charge in [-0.1, -0.05) is 6.07 Å². The van der Waals surface area contributed by atoms with Crippen LogP contribution in [0, 0.1) is 5.82 Å². The lowest BCUT2D eigenvalue weighted by molar-refractivity contribution is -0.128. The van der Waals surface area contributed by atoms with Gasteiger partial charge in [0.15, 0.2) is 5.82 Å². The fourth-order valence-corrected chi connectivity index (χ4v) is 2.70. The van der Waals surface area contributed by atoms with E-state index in [0.717, 1.165) is 10.9 Å². The van der Waals surface area contributed by atoms with Crippen molar-refractivity contribution in [3.05, 3.63) is 76.7 Å². The number of ether oxygens (including phenoxy) is 2. The molecule has 2 aromatic carbocycles. The molecule has 136 valence electrons. The molecule has 3 rings (SSSR count). The van der Waals surface area contributed by atoms with Crippen molar-refractivity contribution in [1.29, 1.82) is 0 Å². The molecule has 1 aromatic heterocycles. The molecule has 0 atom stereocenters. The van der Waals surface area contributed by atoms with Crippen LogP contribution in [0.1, 0.15) is 4.88 Å². The minimum atomic E-state index is -0.639. The van der Waals surface area contributed by atoms with Crippen molar-refractivity contribution in [3.8, 4) is 11.5 Å². The standard InChI is InChI=1S/C20H15FN2O3S/c1-25-15-6-4-14(5-7-15)22-23-19-10-8-16(13-18(19)21)26-20(24)11-9-17-3-2-12-27-17/h2-13H,1H3/b11-9+,23-22?. The highest BCUT2D eigenvalue weighted by atomic mass is 32.1. The van der Waals surface area contributed by atoms with Crippen LogP contribution in [0.3, 0.4) is 0 Å². The van der Waals surface area contributed by atoms with E-state index in [9.17, 15) is 9.18 Å². The second-order valence-electron chi connectivity index (χ2n) is 5.28. The topological polar surface area (TPSA) is 60.3 Å². The lowest BCUT2D eigenvalue weighted by Gasteiger charge is -2.03. The SMILES string of the molecule is COc1ccc(N=Nc2ccc(OC(=O)/C=C/c3cccs3)cc2F)cc1. The third-order valence-corrected chi connectivity index (χ3v) is 4.25. The Hall–Kier alpha value is -3.32. The Bertz CT molecular complexity index is 967. The van der Waals surface area contributed by atoms with Crippen LogP contribution in [0.5, 0.6) is 11.5 Å². The predicted molar refractivity (Wildman–Crippen MR) is 103 cm³/mol. The van der Waals surface area contributed by atoms with Crippen LogP contribution < -0.4 is 9.47 Å². The average molecular weight is 382 g/mol. The summed E-state index contributed by atoms with van der Waals surface area (Å²) in [6, 6.07) is 14.6. The van der Waals surface area contributed by atoms with Crippen LogP contribution >= 0.6 is 11.3 Å². The van der Waals surface area contributed by atoms with Gasteiger partial charge in [0.2, 0.25) is 0 Å². The van der Waals surface area contributed by atoms with Crippen molar-refractivity contribution in [2.24, 2.45) is 10.2 Å². The molecule has 0 spiro atoms. The van der Waals surface area contributed by atoms with Gasteiger partial charge in [0.05, 0.1) is 12.8 Å². The Kier molecular flexibility index (Phi) is 6.06. The zero-order valence-corrected chi connectivity index (χ0v) is 15.2. The van der Waals surface area contributed by atoms with Crippen LogP contribution in [0.4, 0.5) is 15.8 Å². The Balaban J connectivity index is 1.64. The van der Waals surface area contributed by atoms with Crippen molar-refractivity contribution >= 4 is 34.8 Å². The summed E-state index contributed by atoms with van der Waals surface area (Å²) in [6.07, 6.45) is 2.93. The van der Waals surface area contributed by atoms with E-state index in [1.54, 1.807) is 37.5 Å². The van der Waals surface area contributed by atoms with Crippen molar-refractivity contribution in [3.63, 3.8) is 0 Å². The predicted octanol–water partition coefficient (Wildman–Crippen LogP) is 5.93. The molecule has 0 amide bonds. The van der Waals surface area contributed by atoms with Gasteiger partial charge in [-0.3, -0.25) is 0 Å². The summed E-state index contributed by atoms with van der Waals surface area (Å²) >= 11 is 1.50. The zero-order chi connectivity index (χ0) is 19.1. The number of esters is 1. The molecule has 1 heterocycles. The summed E-state index contributed by atoms with van der Waals surface area (Å²) in [4.78, 5) is 12.7. The minimum absolute atomic E-state index is 0.0414. The number of benzene rings is 2. The van der Waals surface area contributed by atoms with Gasteiger partial charge in [0.25, 0.3) is 0 Å². The van der Waals surface area contributed by atoms with E-state index in [0.29, 0.717) is 11.4 Å². The number of rotatable bonds is 6. The maximum absolute atomic E-state index is 14.1. The van der Waals surface area contributed by atoms with Crippen LogP contribution in [0.2, 0.25) is 0 Å². The largest absolute Gasteiger partial charge is 0.497 e. The summed E-state index contributed by atoms with van der Waals surface area (Å²) in [5.41, 5.74) is 0.601. The summed E-state index contributed by atoms with van der Waals surface area (Å²) < 4.78 is 24.3. The lowest BCUT2D eigenvalue weighted by atomic mass is 10.3. The highest BCUT2D eigenvalue weighted by Crippen LogP contribution is 2.26. The number of carbonyl (C=O) groups excluding carboxylic acids is 1. The van der Waals surface area contributed by atoms with E-state index < -0.39 is 11.8 Å². The van der Waals surface area contributed by atoms with Gasteiger partial charge in [0.1, 0.15) is 17.2 Å². The summed E-state index contributed by atoms with van der Waals surface area (Å²) in [7, 11) is 1.57. The molecule has 0 aliphatic carbocycles. The van der Waals surface area contributed by atoms with E-state index >= 15 is 0 Å². The van der Waals surface area contributed by atoms with Gasteiger partial charge >= 0.3 is 5.97 Å². The van der Waals surface area contributed by atoms with Crippen molar-refractivity contribution in [2.45, 2.75) is 0 Å². The Morgan fingerprint density at radius 3 is 2.52 bits per heavy atom. The average Bonchev–Trinajstić information content (AvgIpc) is 3.20. The third kappa shape index (κ3) is 5.32. The summed E-state index contributed by atoms with van der Waals surface area (Å²) in [6.45, 7) is 0. The zero-order valence-electron chi connectivity index (χ0n) is 14.3. The van der Waals surface area contributed by atoms with E-state index in [1.165, 1.54) is 29.5 Å². The molecule has 0 N–H and O–H groups in total. The number of hydrogen-bond acceptors (Lipinski definition) is 6. The highest BCUT2D eigenvalue weighted by Gasteiger charge is 2.07. The van der Waals surface area contributed by atoms with Gasteiger partial charge in [-0.05, 0) is 53.9 Å².